The van der Waals surface area contributed by atoms with Crippen LogP contribution >= 0.6 is 0 Å². The number of aliphatic hydroxyl groups is 1. The fraction of sp³-hybridized carbons (Fsp3) is 0.350. The second-order valence-electron chi connectivity index (χ2n) is 6.84. The van der Waals surface area contributed by atoms with Crippen LogP contribution in [0.4, 0.5) is 0 Å². The number of benzene rings is 2. The quantitative estimate of drug-likeness (QED) is 0.730. The third kappa shape index (κ3) is 4.35. The number of hydrogen-bond donors (Lipinski definition) is 2. The van der Waals surface area contributed by atoms with Crippen molar-refractivity contribution in [2.75, 3.05) is 19.7 Å². The number of nitrogens with zero attached hydrogens (tertiary/aromatic N) is 1. The predicted molar refractivity (Wildman–Crippen MR) is 102 cm³/mol. The van der Waals surface area contributed by atoms with E-state index in [4.69, 9.17) is 4.74 Å². The van der Waals surface area contributed by atoms with Gasteiger partial charge in [-0.3, -0.25) is 4.79 Å². The molecule has 0 aliphatic carbocycles. The number of piperidine rings is 1. The van der Waals surface area contributed by atoms with E-state index in [2.05, 4.69) is 0 Å². The summed E-state index contributed by atoms with van der Waals surface area (Å²) in [6, 6.07) is 16.8. The molecule has 2 aromatic carbocycles. The van der Waals surface area contributed by atoms with Crippen molar-refractivity contribution in [1.82, 2.24) is 4.31 Å². The van der Waals surface area contributed by atoms with E-state index in [-0.39, 0.29) is 37.4 Å². The van der Waals surface area contributed by atoms with Gasteiger partial charge in [-0.1, -0.05) is 36.4 Å². The van der Waals surface area contributed by atoms with Gasteiger partial charge in [-0.2, -0.15) is 4.31 Å². The first kappa shape index (κ1) is 20.3. The van der Waals surface area contributed by atoms with Gasteiger partial charge in [0.15, 0.2) is 0 Å². The number of rotatable bonds is 7. The van der Waals surface area contributed by atoms with Gasteiger partial charge in [0.2, 0.25) is 10.0 Å². The fourth-order valence-corrected chi connectivity index (χ4v) is 4.82. The fourth-order valence-electron chi connectivity index (χ4n) is 3.36. The molecule has 0 saturated carbocycles. The average Bonchev–Trinajstić information content (AvgIpc) is 2.69. The van der Waals surface area contributed by atoms with Crippen molar-refractivity contribution in [1.29, 1.82) is 0 Å². The Morgan fingerprint density at radius 1 is 1.04 bits per heavy atom. The molecule has 7 nitrogen and oxygen atoms in total. The Bertz CT molecular complexity index is 893. The SMILES string of the molecule is O=C(O)C(COc1ccccc1)C1(O)CCN(S(=O)(=O)c2ccccc2)CC1. The lowest BCUT2D eigenvalue weighted by Gasteiger charge is -2.40. The molecular formula is C20H23NO6S. The Labute approximate surface area is 164 Å². The highest BCUT2D eigenvalue weighted by molar-refractivity contribution is 7.89. The maximum absolute atomic E-state index is 12.7. The molecule has 1 aliphatic rings. The molecule has 1 fully saturated rings. The van der Waals surface area contributed by atoms with Crippen LogP contribution in [0.15, 0.2) is 65.6 Å². The highest BCUT2D eigenvalue weighted by Gasteiger charge is 2.46. The summed E-state index contributed by atoms with van der Waals surface area (Å²) >= 11 is 0. The molecule has 1 aliphatic heterocycles. The Morgan fingerprint density at radius 2 is 1.57 bits per heavy atom. The largest absolute Gasteiger partial charge is 0.493 e. The van der Waals surface area contributed by atoms with Crippen molar-refractivity contribution in [3.63, 3.8) is 0 Å². The lowest BCUT2D eigenvalue weighted by atomic mass is 9.80. The predicted octanol–water partition coefficient (Wildman–Crippen LogP) is 1.98. The number of carboxylic acid groups (broad SMARTS) is 1. The number of ether oxygens (including phenoxy) is 1. The van der Waals surface area contributed by atoms with E-state index in [1.165, 1.54) is 16.4 Å². The topological polar surface area (TPSA) is 104 Å². The Morgan fingerprint density at radius 3 is 2.11 bits per heavy atom. The van der Waals surface area contributed by atoms with Gasteiger partial charge in [-0.05, 0) is 37.1 Å². The zero-order valence-corrected chi connectivity index (χ0v) is 16.1. The molecule has 150 valence electrons. The second-order valence-corrected chi connectivity index (χ2v) is 8.77. The van der Waals surface area contributed by atoms with E-state index in [0.717, 1.165) is 0 Å². The van der Waals surface area contributed by atoms with Crippen molar-refractivity contribution < 1.29 is 28.2 Å². The molecule has 8 heteroatoms. The molecular weight excluding hydrogens is 382 g/mol. The molecule has 1 heterocycles. The first-order valence-electron chi connectivity index (χ1n) is 9.01. The molecule has 1 unspecified atom stereocenters. The Balaban J connectivity index is 1.68. The van der Waals surface area contributed by atoms with Crippen LogP contribution < -0.4 is 4.74 Å². The molecule has 3 rings (SSSR count). The minimum absolute atomic E-state index is 0.0220. The molecule has 1 saturated heterocycles. The van der Waals surface area contributed by atoms with E-state index in [0.29, 0.717) is 5.75 Å². The molecule has 0 radical (unpaired) electrons. The molecule has 2 aromatic rings. The van der Waals surface area contributed by atoms with E-state index >= 15 is 0 Å². The van der Waals surface area contributed by atoms with Crippen LogP contribution in [0.3, 0.4) is 0 Å². The van der Waals surface area contributed by atoms with Crippen LogP contribution in [0, 0.1) is 5.92 Å². The van der Waals surface area contributed by atoms with Gasteiger partial charge in [0.1, 0.15) is 18.3 Å². The molecule has 0 aromatic heterocycles. The molecule has 0 spiro atoms. The van der Waals surface area contributed by atoms with Gasteiger partial charge >= 0.3 is 5.97 Å². The third-order valence-corrected chi connectivity index (χ3v) is 6.99. The third-order valence-electron chi connectivity index (χ3n) is 5.08. The number of sulfonamides is 1. The standard InChI is InChI=1S/C20H23NO6S/c22-19(23)18(15-27-16-7-3-1-4-8-16)20(24)11-13-21(14-12-20)28(25,26)17-9-5-2-6-10-17/h1-10,18,24H,11-15H2,(H,22,23). The maximum Gasteiger partial charge on any atom is 0.312 e. The van der Waals surface area contributed by atoms with Gasteiger partial charge in [0.05, 0.1) is 10.5 Å². The van der Waals surface area contributed by atoms with Crippen LogP contribution in [0.2, 0.25) is 0 Å². The molecule has 1 atom stereocenters. The van der Waals surface area contributed by atoms with E-state index in [9.17, 15) is 23.4 Å². The van der Waals surface area contributed by atoms with Crippen LogP contribution in [0.1, 0.15) is 12.8 Å². The van der Waals surface area contributed by atoms with Gasteiger partial charge in [0.25, 0.3) is 0 Å². The molecule has 0 amide bonds. The molecule has 0 bridgehead atoms. The van der Waals surface area contributed by atoms with Gasteiger partial charge in [-0.15, -0.1) is 0 Å². The summed E-state index contributed by atoms with van der Waals surface area (Å²) in [5.41, 5.74) is -1.54. The number of hydrogen-bond acceptors (Lipinski definition) is 5. The minimum atomic E-state index is -3.67. The zero-order valence-electron chi connectivity index (χ0n) is 15.3. The zero-order chi connectivity index (χ0) is 20.2. The highest BCUT2D eigenvalue weighted by atomic mass is 32.2. The van der Waals surface area contributed by atoms with Crippen molar-refractivity contribution in [2.45, 2.75) is 23.3 Å². The van der Waals surface area contributed by atoms with E-state index in [1.807, 2.05) is 6.07 Å². The average molecular weight is 405 g/mol. The summed E-state index contributed by atoms with van der Waals surface area (Å²) in [6.45, 7) is -0.104. The van der Waals surface area contributed by atoms with Crippen molar-refractivity contribution in [3.05, 3.63) is 60.7 Å². The summed E-state index contributed by atoms with van der Waals surface area (Å²) in [4.78, 5) is 11.9. The summed E-state index contributed by atoms with van der Waals surface area (Å²) < 4.78 is 32.3. The lowest BCUT2D eigenvalue weighted by Crippen LogP contribution is -2.53. The van der Waals surface area contributed by atoms with Crippen LogP contribution in [-0.4, -0.2) is 54.2 Å². The van der Waals surface area contributed by atoms with E-state index < -0.39 is 27.5 Å². The number of carbonyl (C=O) groups is 1. The van der Waals surface area contributed by atoms with Crippen LogP contribution in [-0.2, 0) is 14.8 Å². The molecule has 2 N–H and O–H groups in total. The number of aliphatic carboxylic acids is 1. The first-order chi connectivity index (χ1) is 13.3. The van der Waals surface area contributed by atoms with Crippen molar-refractivity contribution in [2.24, 2.45) is 5.92 Å². The summed E-state index contributed by atoms with van der Waals surface area (Å²) in [7, 11) is -3.67. The first-order valence-corrected chi connectivity index (χ1v) is 10.5. The summed E-state index contributed by atoms with van der Waals surface area (Å²) in [6.07, 6.45) is 0.0440. The Kier molecular flexibility index (Phi) is 6.02. The number of para-hydroxylation sites is 1. The maximum atomic E-state index is 12.7. The lowest BCUT2D eigenvalue weighted by molar-refractivity contribution is -0.157. The van der Waals surface area contributed by atoms with Gasteiger partial charge in [0, 0.05) is 13.1 Å². The highest BCUT2D eigenvalue weighted by Crippen LogP contribution is 2.33. The Hall–Kier alpha value is -2.42. The van der Waals surface area contributed by atoms with Crippen LogP contribution in [0.25, 0.3) is 0 Å². The van der Waals surface area contributed by atoms with E-state index in [1.54, 1.807) is 42.5 Å². The van der Waals surface area contributed by atoms with Gasteiger partial charge < -0.3 is 14.9 Å². The van der Waals surface area contributed by atoms with Gasteiger partial charge in [-0.25, -0.2) is 8.42 Å². The monoisotopic (exact) mass is 405 g/mol. The smallest absolute Gasteiger partial charge is 0.312 e. The van der Waals surface area contributed by atoms with Crippen molar-refractivity contribution in [3.8, 4) is 5.75 Å². The summed E-state index contributed by atoms with van der Waals surface area (Å²) in [5.74, 6) is -1.81. The minimum Gasteiger partial charge on any atom is -0.493 e. The summed E-state index contributed by atoms with van der Waals surface area (Å²) in [5, 5.41) is 20.6. The van der Waals surface area contributed by atoms with Crippen LogP contribution in [0.5, 0.6) is 5.75 Å². The van der Waals surface area contributed by atoms with Crippen molar-refractivity contribution >= 4 is 16.0 Å². The second kappa shape index (κ2) is 8.30. The molecule has 28 heavy (non-hydrogen) atoms. The number of carboxylic acids is 1. The normalized spacial score (nSPS) is 18.3.